The number of carbonyl (C=O) groups excluding carboxylic acids is 1. The van der Waals surface area contributed by atoms with Crippen LogP contribution in [0, 0.1) is 6.92 Å². The van der Waals surface area contributed by atoms with Crippen molar-refractivity contribution in [2.75, 3.05) is 13.2 Å². The predicted molar refractivity (Wildman–Crippen MR) is 73.9 cm³/mol. The van der Waals surface area contributed by atoms with E-state index in [1.807, 2.05) is 56.9 Å². The zero-order valence-electron chi connectivity index (χ0n) is 11.7. The Morgan fingerprint density at radius 1 is 1.22 bits per heavy atom. The van der Waals surface area contributed by atoms with Crippen molar-refractivity contribution in [3.05, 3.63) is 35.4 Å². The Hall–Kier alpha value is -1.19. The van der Waals surface area contributed by atoms with Crippen LogP contribution in [0.4, 0.5) is 0 Å². The van der Waals surface area contributed by atoms with Gasteiger partial charge >= 0.3 is 0 Å². The molecular weight excluding hydrogens is 226 g/mol. The van der Waals surface area contributed by atoms with Crippen molar-refractivity contribution >= 4 is 5.78 Å². The van der Waals surface area contributed by atoms with Gasteiger partial charge in [0.1, 0.15) is 0 Å². The van der Waals surface area contributed by atoms with Crippen LogP contribution in [0.5, 0.6) is 0 Å². The molecule has 100 valence electrons. The van der Waals surface area contributed by atoms with E-state index in [1.165, 1.54) is 0 Å². The molecule has 0 radical (unpaired) electrons. The van der Waals surface area contributed by atoms with Gasteiger partial charge in [0.25, 0.3) is 0 Å². The van der Waals surface area contributed by atoms with E-state index in [2.05, 4.69) is 0 Å². The molecule has 1 aromatic carbocycles. The van der Waals surface area contributed by atoms with Gasteiger partial charge in [-0.3, -0.25) is 9.69 Å². The summed E-state index contributed by atoms with van der Waals surface area (Å²) in [6.07, 6.45) is 0. The van der Waals surface area contributed by atoms with E-state index in [9.17, 15) is 4.79 Å². The molecule has 0 aliphatic heterocycles. The van der Waals surface area contributed by atoms with Crippen LogP contribution < -0.4 is 0 Å². The van der Waals surface area contributed by atoms with E-state index in [1.54, 1.807) is 0 Å². The third-order valence-corrected chi connectivity index (χ3v) is 3.23. The molecule has 3 heteroatoms. The minimum absolute atomic E-state index is 0.0731. The highest BCUT2D eigenvalue weighted by molar-refractivity contribution is 5.99. The Balaban J connectivity index is 2.84. The summed E-state index contributed by atoms with van der Waals surface area (Å²) in [4.78, 5) is 14.4. The molecule has 0 spiro atoms. The van der Waals surface area contributed by atoms with E-state index in [0.717, 1.165) is 11.1 Å². The molecular formula is C15H23NO2. The summed E-state index contributed by atoms with van der Waals surface area (Å²) in [5, 5.41) is 9.07. The van der Waals surface area contributed by atoms with Gasteiger partial charge in [-0.25, -0.2) is 0 Å². The number of carbonyl (C=O) groups is 1. The van der Waals surface area contributed by atoms with Gasteiger partial charge in [0.2, 0.25) is 0 Å². The molecule has 1 rings (SSSR count). The van der Waals surface area contributed by atoms with Crippen molar-refractivity contribution in [1.29, 1.82) is 0 Å². The van der Waals surface area contributed by atoms with Crippen molar-refractivity contribution in [1.82, 2.24) is 4.90 Å². The lowest BCUT2D eigenvalue weighted by atomic mass is 10.0. The zero-order chi connectivity index (χ0) is 13.7. The fraction of sp³-hybridized carbons (Fsp3) is 0.533. The van der Waals surface area contributed by atoms with Crippen LogP contribution in [0.1, 0.15) is 36.7 Å². The fourth-order valence-electron chi connectivity index (χ4n) is 2.12. The summed E-state index contributed by atoms with van der Waals surface area (Å²) in [5.41, 5.74) is 1.88. The van der Waals surface area contributed by atoms with E-state index in [-0.39, 0.29) is 24.5 Å². The second-order valence-electron chi connectivity index (χ2n) is 4.96. The molecule has 0 saturated carbocycles. The van der Waals surface area contributed by atoms with Gasteiger partial charge in [-0.15, -0.1) is 0 Å². The number of hydrogen-bond acceptors (Lipinski definition) is 3. The van der Waals surface area contributed by atoms with Gasteiger partial charge in [0.15, 0.2) is 5.78 Å². The van der Waals surface area contributed by atoms with E-state index in [0.29, 0.717) is 6.54 Å². The first-order valence-corrected chi connectivity index (χ1v) is 6.45. The molecule has 0 heterocycles. The summed E-state index contributed by atoms with van der Waals surface area (Å²) in [5.74, 6) is 0.108. The smallest absolute Gasteiger partial charge is 0.179 e. The van der Waals surface area contributed by atoms with Crippen LogP contribution in [-0.2, 0) is 0 Å². The highest BCUT2D eigenvalue weighted by Crippen LogP contribution is 2.12. The molecule has 0 aromatic heterocycles. The number of Topliss-reactive ketones (excluding diaryl/α,β-unsaturated/α-hetero) is 1. The monoisotopic (exact) mass is 249 g/mol. The maximum absolute atomic E-state index is 12.4. The molecule has 0 aliphatic carbocycles. The zero-order valence-corrected chi connectivity index (χ0v) is 11.7. The first-order chi connectivity index (χ1) is 8.47. The van der Waals surface area contributed by atoms with Gasteiger partial charge in [0.05, 0.1) is 12.6 Å². The SMILES string of the molecule is Cc1ccc(C(=O)C(C)N(CCO)C(C)C)cc1. The molecule has 0 saturated heterocycles. The Bertz CT molecular complexity index is 384. The summed E-state index contributed by atoms with van der Waals surface area (Å²) in [7, 11) is 0. The molecule has 1 aromatic rings. The topological polar surface area (TPSA) is 40.5 Å². The molecule has 1 N–H and O–H groups in total. The van der Waals surface area contributed by atoms with Gasteiger partial charge < -0.3 is 5.11 Å². The summed E-state index contributed by atoms with van der Waals surface area (Å²) in [6.45, 7) is 8.57. The lowest BCUT2D eigenvalue weighted by Gasteiger charge is -2.31. The number of benzene rings is 1. The Labute approximate surface area is 109 Å². The number of nitrogens with zero attached hydrogens (tertiary/aromatic N) is 1. The van der Waals surface area contributed by atoms with Crippen molar-refractivity contribution in [2.24, 2.45) is 0 Å². The highest BCUT2D eigenvalue weighted by Gasteiger charge is 2.23. The molecule has 18 heavy (non-hydrogen) atoms. The first-order valence-electron chi connectivity index (χ1n) is 6.45. The average Bonchev–Trinajstić information content (AvgIpc) is 2.35. The molecule has 1 atom stereocenters. The van der Waals surface area contributed by atoms with Crippen molar-refractivity contribution in [2.45, 2.75) is 39.8 Å². The van der Waals surface area contributed by atoms with Gasteiger partial charge in [-0.1, -0.05) is 29.8 Å². The predicted octanol–water partition coefficient (Wildman–Crippen LogP) is 2.27. The third kappa shape index (κ3) is 3.65. The highest BCUT2D eigenvalue weighted by atomic mass is 16.3. The molecule has 1 unspecified atom stereocenters. The molecule has 3 nitrogen and oxygen atoms in total. The van der Waals surface area contributed by atoms with Crippen LogP contribution in [-0.4, -0.2) is 41.0 Å². The normalized spacial score (nSPS) is 13.1. The lowest BCUT2D eigenvalue weighted by molar-refractivity contribution is 0.0743. The number of rotatable bonds is 6. The first kappa shape index (κ1) is 14.9. The molecule has 0 bridgehead atoms. The standard InChI is InChI=1S/C15H23NO2/c1-11(2)16(9-10-17)13(4)15(18)14-7-5-12(3)6-8-14/h5-8,11,13,17H,9-10H2,1-4H3. The summed E-state index contributed by atoms with van der Waals surface area (Å²) >= 11 is 0. The lowest BCUT2D eigenvalue weighted by Crippen LogP contribution is -2.44. The number of aliphatic hydroxyl groups excluding tert-OH is 1. The van der Waals surface area contributed by atoms with E-state index in [4.69, 9.17) is 5.11 Å². The minimum Gasteiger partial charge on any atom is -0.395 e. The van der Waals surface area contributed by atoms with Crippen molar-refractivity contribution in [3.8, 4) is 0 Å². The van der Waals surface area contributed by atoms with Crippen molar-refractivity contribution < 1.29 is 9.90 Å². The molecule has 0 amide bonds. The third-order valence-electron chi connectivity index (χ3n) is 3.23. The van der Waals surface area contributed by atoms with Crippen molar-refractivity contribution in [3.63, 3.8) is 0 Å². The molecule has 0 aliphatic rings. The van der Waals surface area contributed by atoms with Crippen LogP contribution >= 0.6 is 0 Å². The quantitative estimate of drug-likeness (QED) is 0.786. The summed E-state index contributed by atoms with van der Waals surface area (Å²) < 4.78 is 0. The number of ketones is 1. The van der Waals surface area contributed by atoms with E-state index < -0.39 is 0 Å². The number of aryl methyl sites for hydroxylation is 1. The number of hydrogen-bond donors (Lipinski definition) is 1. The second kappa shape index (κ2) is 6.66. The Kier molecular flexibility index (Phi) is 5.51. The fourth-order valence-corrected chi connectivity index (χ4v) is 2.12. The van der Waals surface area contributed by atoms with Gasteiger partial charge in [0, 0.05) is 18.2 Å². The minimum atomic E-state index is -0.208. The Morgan fingerprint density at radius 3 is 2.22 bits per heavy atom. The average molecular weight is 249 g/mol. The largest absolute Gasteiger partial charge is 0.395 e. The van der Waals surface area contributed by atoms with Gasteiger partial charge in [-0.05, 0) is 27.7 Å². The van der Waals surface area contributed by atoms with Crippen LogP contribution in [0.2, 0.25) is 0 Å². The summed E-state index contributed by atoms with van der Waals surface area (Å²) in [6, 6.07) is 7.66. The number of aliphatic hydroxyl groups is 1. The van der Waals surface area contributed by atoms with Crippen LogP contribution in [0.25, 0.3) is 0 Å². The van der Waals surface area contributed by atoms with Crippen LogP contribution in [0.15, 0.2) is 24.3 Å². The van der Waals surface area contributed by atoms with Gasteiger partial charge in [-0.2, -0.15) is 0 Å². The van der Waals surface area contributed by atoms with E-state index >= 15 is 0 Å². The Morgan fingerprint density at radius 2 is 1.78 bits per heavy atom. The maximum atomic E-state index is 12.4. The second-order valence-corrected chi connectivity index (χ2v) is 4.96. The molecule has 0 fully saturated rings. The maximum Gasteiger partial charge on any atom is 0.179 e. The van der Waals surface area contributed by atoms with Crippen LogP contribution in [0.3, 0.4) is 0 Å².